The van der Waals surface area contributed by atoms with Gasteiger partial charge in [-0.1, -0.05) is 13.0 Å². The average molecular weight is 350 g/mol. The Balaban J connectivity index is 1.81. The summed E-state index contributed by atoms with van der Waals surface area (Å²) < 4.78 is 0. The van der Waals surface area contributed by atoms with Gasteiger partial charge in [-0.3, -0.25) is 9.59 Å². The topological polar surface area (TPSA) is 43.9 Å². The molecule has 0 saturated carbocycles. The van der Waals surface area contributed by atoms with Crippen LogP contribution in [-0.2, 0) is 9.59 Å². The fraction of sp³-hybridized carbons (Fsp3) is 0.667. The molecule has 0 aromatic carbocycles. The zero-order valence-corrected chi connectivity index (χ0v) is 15.8. The molecule has 3 rings (SSSR count). The molecule has 2 amide bonds. The van der Waals surface area contributed by atoms with E-state index in [2.05, 4.69) is 25.9 Å². The number of carbonyl (C=O) groups is 2. The molecule has 1 aromatic heterocycles. The molecule has 0 radical (unpaired) electrons. The van der Waals surface area contributed by atoms with Crippen LogP contribution >= 0.6 is 11.3 Å². The van der Waals surface area contributed by atoms with Gasteiger partial charge in [0, 0.05) is 37.5 Å². The Kier molecular flexibility index (Phi) is 4.97. The number of piperidine rings is 1. The van der Waals surface area contributed by atoms with E-state index in [0.717, 1.165) is 18.0 Å². The SMILES string of the molecule is C[C@@H]1CN(C(=O)[C@@H]2CCC(=O)N(C)[C@H]2c2cccs2)C[C@@H]1N(C)C. The number of likely N-dealkylation sites (tertiary alicyclic amines) is 2. The Hall–Kier alpha value is -1.40. The third-order valence-electron chi connectivity index (χ3n) is 5.56. The minimum atomic E-state index is -0.125. The lowest BCUT2D eigenvalue weighted by atomic mass is 9.87. The summed E-state index contributed by atoms with van der Waals surface area (Å²) in [6, 6.07) is 4.33. The van der Waals surface area contributed by atoms with Crippen LogP contribution < -0.4 is 0 Å². The van der Waals surface area contributed by atoms with Gasteiger partial charge >= 0.3 is 0 Å². The van der Waals surface area contributed by atoms with E-state index in [-0.39, 0.29) is 23.8 Å². The van der Waals surface area contributed by atoms with Gasteiger partial charge in [0.1, 0.15) is 0 Å². The van der Waals surface area contributed by atoms with Crippen molar-refractivity contribution in [1.82, 2.24) is 14.7 Å². The molecule has 24 heavy (non-hydrogen) atoms. The first kappa shape index (κ1) is 17.4. The number of likely N-dealkylation sites (N-methyl/N-ethyl adjacent to an activating group) is 1. The van der Waals surface area contributed by atoms with Crippen molar-refractivity contribution < 1.29 is 9.59 Å². The fourth-order valence-electron chi connectivity index (χ4n) is 4.18. The van der Waals surface area contributed by atoms with Crippen LogP contribution in [0.3, 0.4) is 0 Å². The van der Waals surface area contributed by atoms with Crippen molar-refractivity contribution >= 4 is 23.2 Å². The summed E-state index contributed by atoms with van der Waals surface area (Å²) >= 11 is 1.63. The number of amides is 2. The molecule has 132 valence electrons. The van der Waals surface area contributed by atoms with E-state index in [1.165, 1.54) is 0 Å². The molecule has 0 unspecified atom stereocenters. The first-order valence-corrected chi connectivity index (χ1v) is 9.52. The number of carbonyl (C=O) groups excluding carboxylic acids is 2. The first-order chi connectivity index (χ1) is 11.4. The predicted octanol–water partition coefficient (Wildman–Crippen LogP) is 2.07. The molecule has 6 heteroatoms. The summed E-state index contributed by atoms with van der Waals surface area (Å²) in [6.45, 7) is 3.82. The van der Waals surface area contributed by atoms with E-state index in [1.807, 2.05) is 29.5 Å². The highest BCUT2D eigenvalue weighted by atomic mass is 32.1. The van der Waals surface area contributed by atoms with Crippen molar-refractivity contribution in [3.8, 4) is 0 Å². The summed E-state index contributed by atoms with van der Waals surface area (Å²) in [7, 11) is 5.99. The minimum Gasteiger partial charge on any atom is -0.340 e. The van der Waals surface area contributed by atoms with Gasteiger partial charge in [-0.25, -0.2) is 0 Å². The van der Waals surface area contributed by atoms with Gasteiger partial charge in [0.15, 0.2) is 0 Å². The van der Waals surface area contributed by atoms with E-state index in [0.29, 0.717) is 24.8 Å². The normalized spacial score (nSPS) is 31.1. The number of thiophene rings is 1. The van der Waals surface area contributed by atoms with Crippen molar-refractivity contribution in [2.24, 2.45) is 11.8 Å². The van der Waals surface area contributed by atoms with Crippen molar-refractivity contribution in [1.29, 1.82) is 0 Å². The smallest absolute Gasteiger partial charge is 0.228 e. The van der Waals surface area contributed by atoms with Gasteiger partial charge in [0.25, 0.3) is 0 Å². The highest BCUT2D eigenvalue weighted by Gasteiger charge is 2.43. The molecule has 0 bridgehead atoms. The Labute approximate surface area is 148 Å². The quantitative estimate of drug-likeness (QED) is 0.839. The Morgan fingerprint density at radius 1 is 1.33 bits per heavy atom. The maximum absolute atomic E-state index is 13.2. The molecule has 2 fully saturated rings. The number of rotatable bonds is 3. The molecule has 5 nitrogen and oxygen atoms in total. The van der Waals surface area contributed by atoms with Crippen molar-refractivity contribution in [3.63, 3.8) is 0 Å². The van der Waals surface area contributed by atoms with E-state index < -0.39 is 0 Å². The summed E-state index contributed by atoms with van der Waals surface area (Å²) in [4.78, 5) is 32.5. The van der Waals surface area contributed by atoms with Gasteiger partial charge < -0.3 is 14.7 Å². The van der Waals surface area contributed by atoms with Crippen LogP contribution in [0.1, 0.15) is 30.7 Å². The lowest BCUT2D eigenvalue weighted by Gasteiger charge is -2.39. The van der Waals surface area contributed by atoms with Crippen LogP contribution in [0.5, 0.6) is 0 Å². The molecule has 0 spiro atoms. The van der Waals surface area contributed by atoms with E-state index in [4.69, 9.17) is 0 Å². The Morgan fingerprint density at radius 3 is 2.67 bits per heavy atom. The van der Waals surface area contributed by atoms with Crippen LogP contribution in [0.4, 0.5) is 0 Å². The van der Waals surface area contributed by atoms with Gasteiger partial charge in [-0.2, -0.15) is 0 Å². The van der Waals surface area contributed by atoms with Gasteiger partial charge in [0.05, 0.1) is 12.0 Å². The average Bonchev–Trinajstić information content (AvgIpc) is 3.18. The molecule has 0 aliphatic carbocycles. The zero-order valence-electron chi connectivity index (χ0n) is 14.9. The minimum absolute atomic E-state index is 0.118. The highest BCUT2D eigenvalue weighted by molar-refractivity contribution is 7.10. The van der Waals surface area contributed by atoms with Gasteiger partial charge in [-0.05, 0) is 37.9 Å². The van der Waals surface area contributed by atoms with Crippen LogP contribution in [0.2, 0.25) is 0 Å². The third-order valence-corrected chi connectivity index (χ3v) is 6.50. The monoisotopic (exact) mass is 349 g/mol. The second-order valence-corrected chi connectivity index (χ2v) is 8.34. The molecule has 2 aliphatic heterocycles. The summed E-state index contributed by atoms with van der Waals surface area (Å²) in [5, 5.41) is 2.02. The number of hydrogen-bond donors (Lipinski definition) is 0. The Bertz CT molecular complexity index is 601. The van der Waals surface area contributed by atoms with Crippen molar-refractivity contribution in [2.45, 2.75) is 31.8 Å². The Morgan fingerprint density at radius 2 is 2.08 bits per heavy atom. The maximum atomic E-state index is 13.2. The summed E-state index contributed by atoms with van der Waals surface area (Å²) in [5.74, 6) is 0.703. The summed E-state index contributed by atoms with van der Waals surface area (Å²) in [6.07, 6.45) is 1.12. The predicted molar refractivity (Wildman–Crippen MR) is 95.8 cm³/mol. The van der Waals surface area contributed by atoms with Crippen LogP contribution in [-0.4, -0.2) is 66.8 Å². The molecule has 1 aromatic rings. The number of nitrogens with zero attached hydrogens (tertiary/aromatic N) is 3. The lowest BCUT2D eigenvalue weighted by molar-refractivity contribution is -0.146. The van der Waals surface area contributed by atoms with Gasteiger partial charge in [0.2, 0.25) is 11.8 Å². The molecule has 2 saturated heterocycles. The molecule has 3 heterocycles. The first-order valence-electron chi connectivity index (χ1n) is 8.64. The zero-order chi connectivity index (χ0) is 17.4. The second-order valence-electron chi connectivity index (χ2n) is 7.36. The van der Waals surface area contributed by atoms with Crippen molar-refractivity contribution in [3.05, 3.63) is 22.4 Å². The number of hydrogen-bond acceptors (Lipinski definition) is 4. The van der Waals surface area contributed by atoms with Crippen LogP contribution in [0, 0.1) is 11.8 Å². The molecule has 0 N–H and O–H groups in total. The maximum Gasteiger partial charge on any atom is 0.228 e. The molecular formula is C18H27N3O2S. The highest BCUT2D eigenvalue weighted by Crippen LogP contribution is 2.39. The lowest BCUT2D eigenvalue weighted by Crippen LogP contribution is -2.47. The standard InChI is InChI=1S/C18H27N3O2S/c1-12-10-21(11-14(12)19(2)3)18(23)13-7-8-16(22)20(4)17(13)15-6-5-9-24-15/h5-6,9,12-14,17H,7-8,10-11H2,1-4H3/t12-,13-,14+,17-/m1/s1. The molecule has 4 atom stereocenters. The fourth-order valence-corrected chi connectivity index (χ4v) is 5.11. The largest absolute Gasteiger partial charge is 0.340 e. The van der Waals surface area contributed by atoms with E-state index >= 15 is 0 Å². The van der Waals surface area contributed by atoms with E-state index in [9.17, 15) is 9.59 Å². The summed E-state index contributed by atoms with van der Waals surface area (Å²) in [5.41, 5.74) is 0. The molecular weight excluding hydrogens is 322 g/mol. The van der Waals surface area contributed by atoms with Gasteiger partial charge in [-0.15, -0.1) is 11.3 Å². The van der Waals surface area contributed by atoms with Crippen LogP contribution in [0.25, 0.3) is 0 Å². The van der Waals surface area contributed by atoms with E-state index in [1.54, 1.807) is 16.2 Å². The molecule has 2 aliphatic rings. The second kappa shape index (κ2) is 6.84. The third kappa shape index (κ3) is 3.09. The van der Waals surface area contributed by atoms with Crippen LogP contribution in [0.15, 0.2) is 17.5 Å². The van der Waals surface area contributed by atoms with Crippen molar-refractivity contribution in [2.75, 3.05) is 34.2 Å².